The maximum atomic E-state index is 12.9. The summed E-state index contributed by atoms with van der Waals surface area (Å²) < 4.78 is 11.0. The molecule has 1 amide bonds. The first-order valence-corrected chi connectivity index (χ1v) is 8.72. The molecule has 0 spiro atoms. The first kappa shape index (κ1) is 17.6. The van der Waals surface area contributed by atoms with Gasteiger partial charge in [0.15, 0.2) is 5.82 Å². The number of carbonyl (C=O) groups is 1. The van der Waals surface area contributed by atoms with Crippen molar-refractivity contribution in [1.82, 2.24) is 25.2 Å². The maximum Gasteiger partial charge on any atom is 0.225 e. The monoisotopic (exact) mass is 347 g/mol. The molecule has 1 aliphatic rings. The van der Waals surface area contributed by atoms with Crippen molar-refractivity contribution in [3.8, 4) is 0 Å². The summed E-state index contributed by atoms with van der Waals surface area (Å²) in [4.78, 5) is 19.1. The van der Waals surface area contributed by atoms with E-state index in [9.17, 15) is 4.79 Å². The molecule has 0 radical (unpaired) electrons. The number of carbonyl (C=O) groups excluding carboxylic acids is 1. The number of rotatable bonds is 5. The quantitative estimate of drug-likeness (QED) is 0.885. The van der Waals surface area contributed by atoms with Gasteiger partial charge in [-0.25, -0.2) is 4.98 Å². The lowest BCUT2D eigenvalue weighted by Gasteiger charge is -2.33. The number of aryl methyl sites for hydroxylation is 3. The summed E-state index contributed by atoms with van der Waals surface area (Å²) in [5.74, 6) is 2.19. The highest BCUT2D eigenvalue weighted by Crippen LogP contribution is 2.23. The summed E-state index contributed by atoms with van der Waals surface area (Å²) in [5.41, 5.74) is 1.87. The predicted octanol–water partition coefficient (Wildman–Crippen LogP) is 1.75. The van der Waals surface area contributed by atoms with E-state index >= 15 is 0 Å². The molecule has 136 valence electrons. The fourth-order valence-electron chi connectivity index (χ4n) is 3.12. The van der Waals surface area contributed by atoms with Gasteiger partial charge in [0.1, 0.15) is 17.7 Å². The molecule has 0 saturated carbocycles. The third-order valence-corrected chi connectivity index (χ3v) is 4.66. The van der Waals surface area contributed by atoms with Crippen molar-refractivity contribution in [3.05, 3.63) is 28.7 Å². The molecule has 1 saturated heterocycles. The van der Waals surface area contributed by atoms with E-state index < -0.39 is 0 Å². The Kier molecular flexibility index (Phi) is 5.17. The normalized spacial score (nSPS) is 19.2. The minimum Gasteiger partial charge on any atom is -0.366 e. The molecule has 3 heterocycles. The van der Waals surface area contributed by atoms with Crippen molar-refractivity contribution in [2.45, 2.75) is 46.6 Å². The summed E-state index contributed by atoms with van der Waals surface area (Å²) >= 11 is 0. The Labute approximate surface area is 146 Å². The molecule has 0 bridgehead atoms. The Morgan fingerprint density at radius 1 is 1.44 bits per heavy atom. The van der Waals surface area contributed by atoms with Crippen LogP contribution in [0.25, 0.3) is 0 Å². The highest BCUT2D eigenvalue weighted by atomic mass is 16.5. The number of ether oxygens (including phenoxy) is 1. The minimum atomic E-state index is -0.277. The van der Waals surface area contributed by atoms with Crippen molar-refractivity contribution < 1.29 is 14.1 Å². The smallest absolute Gasteiger partial charge is 0.225 e. The average Bonchev–Trinajstić information content (AvgIpc) is 3.23. The number of hydrogen-bond donors (Lipinski definition) is 1. The Morgan fingerprint density at radius 3 is 2.88 bits per heavy atom. The van der Waals surface area contributed by atoms with Gasteiger partial charge >= 0.3 is 0 Å². The van der Waals surface area contributed by atoms with Gasteiger partial charge in [-0.1, -0.05) is 19.0 Å². The fourth-order valence-corrected chi connectivity index (χ4v) is 3.12. The molecule has 2 aromatic heterocycles. The maximum absolute atomic E-state index is 12.9. The molecule has 1 fully saturated rings. The molecule has 1 N–H and O–H groups in total. The van der Waals surface area contributed by atoms with Crippen LogP contribution in [0, 0.1) is 19.8 Å². The van der Waals surface area contributed by atoms with Gasteiger partial charge in [0, 0.05) is 24.4 Å². The summed E-state index contributed by atoms with van der Waals surface area (Å²) in [6.07, 6.45) is 1.14. The third-order valence-electron chi connectivity index (χ3n) is 4.66. The highest BCUT2D eigenvalue weighted by Gasteiger charge is 2.31. The molecule has 0 aliphatic carbocycles. The van der Waals surface area contributed by atoms with Gasteiger partial charge in [-0.2, -0.15) is 5.10 Å². The van der Waals surface area contributed by atoms with Crippen molar-refractivity contribution in [2.24, 2.45) is 5.92 Å². The molecular formula is C17H25N5O3. The second kappa shape index (κ2) is 7.35. The Morgan fingerprint density at radius 2 is 2.24 bits per heavy atom. The molecule has 8 nitrogen and oxygen atoms in total. The van der Waals surface area contributed by atoms with Crippen molar-refractivity contribution in [2.75, 3.05) is 19.7 Å². The van der Waals surface area contributed by atoms with E-state index in [2.05, 4.69) is 20.3 Å². The number of amides is 1. The van der Waals surface area contributed by atoms with Crippen LogP contribution in [0.3, 0.4) is 0 Å². The first-order chi connectivity index (χ1) is 12.0. The van der Waals surface area contributed by atoms with E-state index in [-0.39, 0.29) is 17.9 Å². The minimum absolute atomic E-state index is 0.111. The Bertz CT molecular complexity index is 719. The van der Waals surface area contributed by atoms with Crippen LogP contribution in [0.4, 0.5) is 0 Å². The molecule has 1 aliphatic heterocycles. The molecular weight excluding hydrogens is 322 g/mol. The van der Waals surface area contributed by atoms with Crippen molar-refractivity contribution >= 4 is 5.91 Å². The zero-order valence-corrected chi connectivity index (χ0v) is 15.2. The molecule has 2 unspecified atom stereocenters. The lowest BCUT2D eigenvalue weighted by molar-refractivity contribution is -0.143. The number of aromatic amines is 1. The van der Waals surface area contributed by atoms with E-state index in [0.29, 0.717) is 31.9 Å². The lowest BCUT2D eigenvalue weighted by Crippen LogP contribution is -2.45. The number of aromatic nitrogens is 4. The van der Waals surface area contributed by atoms with E-state index in [1.165, 1.54) is 0 Å². The molecule has 0 aromatic carbocycles. The average molecular weight is 347 g/mol. The van der Waals surface area contributed by atoms with Crippen molar-refractivity contribution in [3.63, 3.8) is 0 Å². The lowest BCUT2D eigenvalue weighted by atomic mass is 9.98. The fraction of sp³-hybridized carbons (Fsp3) is 0.647. The van der Waals surface area contributed by atoms with Gasteiger partial charge in [-0.15, -0.1) is 0 Å². The van der Waals surface area contributed by atoms with Gasteiger partial charge in [0.05, 0.1) is 18.8 Å². The zero-order chi connectivity index (χ0) is 18.0. The Hall–Kier alpha value is -2.22. The van der Waals surface area contributed by atoms with E-state index in [0.717, 1.165) is 29.3 Å². The predicted molar refractivity (Wildman–Crippen MR) is 89.9 cm³/mol. The van der Waals surface area contributed by atoms with Crippen LogP contribution in [-0.2, 0) is 22.4 Å². The topological polar surface area (TPSA) is 97.1 Å². The van der Waals surface area contributed by atoms with Gasteiger partial charge in [0.25, 0.3) is 0 Å². The van der Waals surface area contributed by atoms with Crippen LogP contribution in [-0.4, -0.2) is 50.8 Å². The van der Waals surface area contributed by atoms with Gasteiger partial charge < -0.3 is 14.2 Å². The number of nitrogens with one attached hydrogen (secondary N) is 1. The van der Waals surface area contributed by atoms with Gasteiger partial charge in [-0.3, -0.25) is 9.89 Å². The number of nitrogens with zero attached hydrogens (tertiary/aromatic N) is 4. The zero-order valence-electron chi connectivity index (χ0n) is 15.2. The van der Waals surface area contributed by atoms with Crippen LogP contribution in [0.2, 0.25) is 0 Å². The number of H-pyrrole nitrogens is 1. The summed E-state index contributed by atoms with van der Waals surface area (Å²) in [7, 11) is 0. The molecule has 2 atom stereocenters. The second-order valence-electron chi connectivity index (χ2n) is 6.55. The SMILES string of the molecule is CCc1nc(C2CN(C(=O)C(C)Cc3c(C)noc3C)CCO2)n[nH]1. The summed E-state index contributed by atoms with van der Waals surface area (Å²) in [6, 6.07) is 0. The van der Waals surface area contributed by atoms with Crippen LogP contribution in [0.15, 0.2) is 4.52 Å². The van der Waals surface area contributed by atoms with E-state index in [4.69, 9.17) is 9.26 Å². The molecule has 25 heavy (non-hydrogen) atoms. The van der Waals surface area contributed by atoms with Gasteiger partial charge in [0.2, 0.25) is 5.91 Å². The van der Waals surface area contributed by atoms with Crippen LogP contribution >= 0.6 is 0 Å². The molecule has 2 aromatic rings. The number of hydrogen-bond acceptors (Lipinski definition) is 6. The largest absolute Gasteiger partial charge is 0.366 e. The summed E-state index contributed by atoms with van der Waals surface area (Å²) in [6.45, 7) is 9.30. The first-order valence-electron chi connectivity index (χ1n) is 8.72. The highest BCUT2D eigenvalue weighted by molar-refractivity contribution is 5.79. The van der Waals surface area contributed by atoms with Crippen LogP contribution < -0.4 is 0 Å². The van der Waals surface area contributed by atoms with Crippen LogP contribution in [0.1, 0.15) is 48.6 Å². The molecule has 3 rings (SSSR count). The standard InChI is InChI=1S/C17H25N5O3/c1-5-15-18-16(20-19-15)14-9-22(6-7-24-14)17(23)10(2)8-13-11(3)21-25-12(13)4/h10,14H,5-9H2,1-4H3,(H,18,19,20). The molecule has 8 heteroatoms. The third kappa shape index (κ3) is 3.73. The van der Waals surface area contributed by atoms with Crippen molar-refractivity contribution in [1.29, 1.82) is 0 Å². The van der Waals surface area contributed by atoms with E-state index in [1.807, 2.05) is 32.6 Å². The summed E-state index contributed by atoms with van der Waals surface area (Å²) in [5, 5.41) is 11.1. The Balaban J connectivity index is 1.65. The number of morpholine rings is 1. The van der Waals surface area contributed by atoms with Gasteiger partial charge in [-0.05, 0) is 20.3 Å². The van der Waals surface area contributed by atoms with Crippen LogP contribution in [0.5, 0.6) is 0 Å². The second-order valence-corrected chi connectivity index (χ2v) is 6.55. The van der Waals surface area contributed by atoms with E-state index in [1.54, 1.807) is 0 Å².